The van der Waals surface area contributed by atoms with E-state index in [4.69, 9.17) is 81.7 Å². The van der Waals surface area contributed by atoms with E-state index in [2.05, 4.69) is 99.7 Å². The zero-order valence-electron chi connectivity index (χ0n) is 79.2. The van der Waals surface area contributed by atoms with E-state index in [1.165, 1.54) is 0 Å². The average Bonchev–Trinajstić information content (AvgIpc) is 0.837. The van der Waals surface area contributed by atoms with Crippen molar-refractivity contribution in [2.45, 2.75) is 130 Å². The Morgan fingerprint density at radius 3 is 0.846 bits per heavy atom. The van der Waals surface area contributed by atoms with Crippen LogP contribution >= 0.6 is 58.0 Å². The highest BCUT2D eigenvalue weighted by molar-refractivity contribution is 6.33. The first-order chi connectivity index (χ1) is 62.1. The topological polar surface area (TPSA) is 208 Å². The minimum Gasteiger partial charge on any atom is -0.493 e. The van der Waals surface area contributed by atoms with Gasteiger partial charge in [-0.3, -0.25) is 28.9 Å². The Bertz CT molecular complexity index is 5340. The van der Waals surface area contributed by atoms with Crippen molar-refractivity contribution in [3.8, 4) is 28.7 Å². The highest BCUT2D eigenvalue weighted by Gasteiger charge is 2.24. The van der Waals surface area contributed by atoms with Gasteiger partial charge in [0.1, 0.15) is 42.0 Å². The van der Waals surface area contributed by atoms with Gasteiger partial charge >= 0.3 is 0 Å². The van der Waals surface area contributed by atoms with Gasteiger partial charge in [0.05, 0.1) is 47.6 Å². The number of hydrogen-bond donors (Lipinski definition) is 5. The third kappa shape index (κ3) is 34.8. The van der Waals surface area contributed by atoms with Gasteiger partial charge < -0.3 is 69.9 Å². The van der Waals surface area contributed by atoms with Gasteiger partial charge in [-0.2, -0.15) is 0 Å². The van der Waals surface area contributed by atoms with Gasteiger partial charge in [-0.05, 0) is 319 Å². The number of rotatable bonds is 36. The summed E-state index contributed by atoms with van der Waals surface area (Å²) in [7, 11) is 6.20. The summed E-state index contributed by atoms with van der Waals surface area (Å²) in [5.41, 5.74) is 15.5. The summed E-state index contributed by atoms with van der Waals surface area (Å²) in [4.78, 5) is 75.6. The minimum absolute atomic E-state index is 0.172. The molecule has 698 valence electrons. The molecule has 1 fully saturated rings. The normalized spacial score (nSPS) is 11.8. The lowest BCUT2D eigenvalue weighted by molar-refractivity contribution is 0.101. The number of nitrogens with one attached hydrogen (secondary N) is 5. The van der Waals surface area contributed by atoms with Crippen molar-refractivity contribution in [3.63, 3.8) is 0 Å². The number of nitrogens with zero attached hydrogens (tertiary/aromatic N) is 5. The van der Waals surface area contributed by atoms with E-state index < -0.39 is 0 Å². The molecule has 5 amide bonds. The first-order valence-corrected chi connectivity index (χ1v) is 46.5. The standard InChI is InChI=1S/C22H28ClN3O2.C22H29ClN2O2.C21H27ClN2O2.C20H25ClN2O2.C20H24ClNO2/c1-16-5-4-6-20(28-14-13-26-11-9-25(3)10-12-26)21(16)22(27)24-18-7-8-19(23)17(2)15-18;1-5-25(6-2)13-8-14-27-20-10-7-9-16(3)21(20)22(26)24-18-11-12-19(23)17(4)15-18;1-5-24(6-2)12-13-26-19-9-7-8-15(3)20(19)21(25)23-17-10-11-18(22)16(4)14-17;1-14-7-5-8-18(25-12-6-11-23(3)4)19(14)20(24)22-16-9-10-17(21)15(2)13-16;1-13(2)10-11-24-18-7-5-6-14(3)19(18)20(23)22-16-8-9-17(21)15(4)12-16/h4-8,15H,9-14H2,1-3H3,(H,24,27);7,9-12,15H,5-6,8,13-14H2,1-4H3,(H,24,26);7-11,14H,5-6,12-13H2,1-4H3,(H,23,25);5,7-10,13H,6,11-12H2,1-4H3,(H,22,24);5-9,12-13H,10-11H2,1-4H3,(H,22,23). The fraction of sp³-hybridized carbons (Fsp3) is 0.381. The van der Waals surface area contributed by atoms with Crippen LogP contribution in [0.3, 0.4) is 0 Å². The summed E-state index contributed by atoms with van der Waals surface area (Å²) in [6.07, 6.45) is 2.77. The molecule has 10 aromatic rings. The van der Waals surface area contributed by atoms with Crippen molar-refractivity contribution in [3.05, 3.63) is 291 Å². The Labute approximate surface area is 797 Å². The predicted octanol–water partition coefficient (Wildman–Crippen LogP) is 24.3. The smallest absolute Gasteiger partial charge is 0.259 e. The van der Waals surface area contributed by atoms with Crippen LogP contribution < -0.4 is 50.3 Å². The second kappa shape index (κ2) is 55.2. The molecule has 130 heavy (non-hydrogen) atoms. The molecular formula is C105H133Cl5N10O10. The molecule has 0 radical (unpaired) electrons. The number of amides is 5. The van der Waals surface area contributed by atoms with Gasteiger partial charge in [-0.15, -0.1) is 0 Å². The monoisotopic (exact) mass is 1870 g/mol. The Morgan fingerprint density at radius 1 is 0.331 bits per heavy atom. The van der Waals surface area contributed by atoms with Gasteiger partial charge in [0, 0.05) is 106 Å². The summed E-state index contributed by atoms with van der Waals surface area (Å²) < 4.78 is 29.6. The molecule has 1 aliphatic heterocycles. The fourth-order valence-electron chi connectivity index (χ4n) is 14.0. The number of hydrogen-bond acceptors (Lipinski definition) is 15. The maximum atomic E-state index is 12.9. The van der Waals surface area contributed by atoms with E-state index in [9.17, 15) is 24.0 Å². The van der Waals surface area contributed by atoms with Crippen LogP contribution in [0.15, 0.2) is 182 Å². The molecule has 1 aliphatic rings. The van der Waals surface area contributed by atoms with E-state index in [1.54, 1.807) is 60.7 Å². The molecular weight excluding hydrogens is 1740 g/mol. The highest BCUT2D eigenvalue weighted by Crippen LogP contribution is 2.33. The molecule has 11 rings (SSSR count). The third-order valence-electron chi connectivity index (χ3n) is 21.9. The summed E-state index contributed by atoms with van der Waals surface area (Å²) >= 11 is 30.3. The van der Waals surface area contributed by atoms with Crippen LogP contribution in [0.25, 0.3) is 0 Å². The van der Waals surface area contributed by atoms with Crippen molar-refractivity contribution < 1.29 is 47.7 Å². The molecule has 1 heterocycles. The van der Waals surface area contributed by atoms with Crippen LogP contribution in [-0.4, -0.2) is 187 Å². The third-order valence-corrected chi connectivity index (χ3v) is 24.1. The maximum Gasteiger partial charge on any atom is 0.259 e. The van der Waals surface area contributed by atoms with Crippen LogP contribution in [0, 0.1) is 75.2 Å². The van der Waals surface area contributed by atoms with Crippen molar-refractivity contribution in [1.82, 2.24) is 24.5 Å². The summed E-state index contributed by atoms with van der Waals surface area (Å²) in [6.45, 7) is 46.8. The number of likely N-dealkylation sites (N-methyl/N-ethyl adjacent to an activating group) is 2. The van der Waals surface area contributed by atoms with Crippen molar-refractivity contribution in [2.75, 3.05) is 159 Å². The number of halogens is 5. The quantitative estimate of drug-likeness (QED) is 0.0232. The molecule has 1 saturated heterocycles. The van der Waals surface area contributed by atoms with Crippen molar-refractivity contribution in [1.29, 1.82) is 0 Å². The van der Waals surface area contributed by atoms with Crippen molar-refractivity contribution in [2.24, 2.45) is 5.92 Å². The van der Waals surface area contributed by atoms with Gasteiger partial charge in [0.2, 0.25) is 0 Å². The second-order valence-electron chi connectivity index (χ2n) is 33.0. The molecule has 5 N–H and O–H groups in total. The Morgan fingerprint density at radius 2 is 0.585 bits per heavy atom. The number of piperazine rings is 1. The lowest BCUT2D eigenvalue weighted by Crippen LogP contribution is -2.45. The molecule has 0 saturated carbocycles. The largest absolute Gasteiger partial charge is 0.493 e. The molecule has 25 heteroatoms. The van der Waals surface area contributed by atoms with E-state index in [0.29, 0.717) is 132 Å². The molecule has 0 spiro atoms. The number of ether oxygens (including phenoxy) is 5. The molecule has 20 nitrogen and oxygen atoms in total. The first-order valence-electron chi connectivity index (χ1n) is 44.6. The lowest BCUT2D eigenvalue weighted by Gasteiger charge is -2.32. The fourth-order valence-corrected chi connectivity index (χ4v) is 14.6. The lowest BCUT2D eigenvalue weighted by atomic mass is 10.1. The van der Waals surface area contributed by atoms with Crippen LogP contribution in [0.2, 0.25) is 25.1 Å². The number of anilines is 5. The number of carbonyl (C=O) groups excluding carboxylic acids is 5. The number of carbonyl (C=O) groups is 5. The highest BCUT2D eigenvalue weighted by atomic mass is 35.5. The van der Waals surface area contributed by atoms with E-state index in [0.717, 1.165) is 170 Å². The Kier molecular flexibility index (Phi) is 45.4. The number of benzene rings is 10. The maximum absolute atomic E-state index is 12.9. The average molecular weight is 1870 g/mol. The SMILES string of the molecule is CCN(CC)CCCOc1cccc(C)c1C(=O)Nc1ccc(Cl)c(C)c1.CCN(CC)CCOc1cccc(C)c1C(=O)Nc1ccc(Cl)c(C)c1.Cc1cc(NC(=O)c2c(C)cccc2OCCC(C)C)ccc1Cl.Cc1cc(NC(=O)c2c(C)cccc2OCCCN(C)C)ccc1Cl.Cc1cc(NC(=O)c2c(C)cccc2OCCN2CCN(C)CC2)ccc1Cl. The van der Waals surface area contributed by atoms with E-state index >= 15 is 0 Å². The minimum atomic E-state index is -0.178. The number of aryl methyl sites for hydroxylation is 10. The van der Waals surface area contributed by atoms with Gasteiger partial charge in [0.15, 0.2) is 0 Å². The van der Waals surface area contributed by atoms with E-state index in [-0.39, 0.29) is 29.5 Å². The summed E-state index contributed by atoms with van der Waals surface area (Å²) in [5.74, 6) is 2.78. The molecule has 0 aromatic heterocycles. The van der Waals surface area contributed by atoms with Crippen LogP contribution in [-0.2, 0) is 0 Å². The molecule has 0 atom stereocenters. The molecule has 0 unspecified atom stereocenters. The zero-order chi connectivity index (χ0) is 95.1. The molecule has 0 aliphatic carbocycles. The second-order valence-corrected chi connectivity index (χ2v) is 35.0. The summed E-state index contributed by atoms with van der Waals surface area (Å²) in [6, 6.07) is 55.6. The van der Waals surface area contributed by atoms with Gasteiger partial charge in [-0.1, -0.05) is 160 Å². The predicted molar refractivity (Wildman–Crippen MR) is 541 cm³/mol. The molecule has 0 bridgehead atoms. The zero-order valence-corrected chi connectivity index (χ0v) is 83.0. The van der Waals surface area contributed by atoms with Crippen LogP contribution in [0.5, 0.6) is 28.7 Å². The van der Waals surface area contributed by atoms with Gasteiger partial charge in [0.25, 0.3) is 29.5 Å². The van der Waals surface area contributed by atoms with Crippen LogP contribution in [0.4, 0.5) is 28.4 Å². The van der Waals surface area contributed by atoms with Crippen molar-refractivity contribution >= 4 is 116 Å². The van der Waals surface area contributed by atoms with Crippen LogP contribution in [0.1, 0.15) is 168 Å². The van der Waals surface area contributed by atoms with Gasteiger partial charge in [-0.25, -0.2) is 0 Å². The Balaban J connectivity index is 0.000000223. The van der Waals surface area contributed by atoms with E-state index in [1.807, 2.05) is 205 Å². The first kappa shape index (κ1) is 107. The summed E-state index contributed by atoms with van der Waals surface area (Å²) in [5, 5.41) is 18.1. The molecule has 10 aromatic carbocycles. The Hall–Kier alpha value is -10.2.